The third-order valence-corrected chi connectivity index (χ3v) is 2.93. The SMILES string of the molecule is O=c1ncccn1CC(O)c1ccc2c(c1)OCO2. The van der Waals surface area contributed by atoms with Crippen molar-refractivity contribution in [2.75, 3.05) is 6.79 Å². The monoisotopic (exact) mass is 260 g/mol. The Labute approximate surface area is 108 Å². The van der Waals surface area contributed by atoms with E-state index in [1.807, 2.05) is 0 Å². The maximum atomic E-state index is 11.5. The molecule has 0 bridgehead atoms. The number of fused-ring (bicyclic) bond motifs is 1. The molecule has 0 saturated carbocycles. The molecule has 1 aliphatic heterocycles. The van der Waals surface area contributed by atoms with Gasteiger partial charge in [-0.15, -0.1) is 0 Å². The summed E-state index contributed by atoms with van der Waals surface area (Å²) < 4.78 is 11.8. The maximum absolute atomic E-state index is 11.5. The van der Waals surface area contributed by atoms with Crippen LogP contribution >= 0.6 is 0 Å². The Bertz CT molecular complexity index is 653. The molecule has 0 spiro atoms. The Kier molecular flexibility index (Phi) is 2.92. The van der Waals surface area contributed by atoms with E-state index in [4.69, 9.17) is 9.47 Å². The van der Waals surface area contributed by atoms with Gasteiger partial charge in [0, 0.05) is 12.4 Å². The van der Waals surface area contributed by atoms with Crippen LogP contribution < -0.4 is 15.2 Å². The highest BCUT2D eigenvalue weighted by atomic mass is 16.7. The zero-order valence-electron chi connectivity index (χ0n) is 10.0. The van der Waals surface area contributed by atoms with Crippen LogP contribution in [0.5, 0.6) is 11.5 Å². The average Bonchev–Trinajstić information content (AvgIpc) is 2.88. The second-order valence-electron chi connectivity index (χ2n) is 4.18. The molecule has 3 rings (SSSR count). The first-order valence-corrected chi connectivity index (χ1v) is 5.83. The summed E-state index contributed by atoms with van der Waals surface area (Å²) in [7, 11) is 0. The largest absolute Gasteiger partial charge is 0.454 e. The van der Waals surface area contributed by atoms with E-state index < -0.39 is 6.10 Å². The third-order valence-electron chi connectivity index (χ3n) is 2.93. The quantitative estimate of drug-likeness (QED) is 0.879. The summed E-state index contributed by atoms with van der Waals surface area (Å²) in [5, 5.41) is 10.1. The van der Waals surface area contributed by atoms with Crippen molar-refractivity contribution < 1.29 is 14.6 Å². The molecule has 1 aromatic carbocycles. The predicted molar refractivity (Wildman–Crippen MR) is 66.0 cm³/mol. The highest BCUT2D eigenvalue weighted by Gasteiger charge is 2.17. The number of hydrogen-bond acceptors (Lipinski definition) is 5. The minimum Gasteiger partial charge on any atom is -0.454 e. The van der Waals surface area contributed by atoms with Crippen molar-refractivity contribution in [3.63, 3.8) is 0 Å². The Hall–Kier alpha value is -2.34. The van der Waals surface area contributed by atoms with Crippen LogP contribution in [0.25, 0.3) is 0 Å². The molecule has 1 unspecified atom stereocenters. The summed E-state index contributed by atoms with van der Waals surface area (Å²) in [6.07, 6.45) is 2.20. The molecule has 1 atom stereocenters. The Morgan fingerprint density at radius 1 is 1.37 bits per heavy atom. The van der Waals surface area contributed by atoms with Gasteiger partial charge in [0.1, 0.15) is 0 Å². The molecule has 0 fully saturated rings. The number of benzene rings is 1. The third kappa shape index (κ3) is 2.30. The summed E-state index contributed by atoms with van der Waals surface area (Å²) >= 11 is 0. The van der Waals surface area contributed by atoms with Crippen LogP contribution in [0.4, 0.5) is 0 Å². The first-order valence-electron chi connectivity index (χ1n) is 5.83. The van der Waals surface area contributed by atoms with Gasteiger partial charge in [0.25, 0.3) is 0 Å². The highest BCUT2D eigenvalue weighted by molar-refractivity contribution is 5.45. The minimum atomic E-state index is -0.809. The van der Waals surface area contributed by atoms with Crippen molar-refractivity contribution >= 4 is 0 Å². The number of aromatic nitrogens is 2. The molecule has 6 heteroatoms. The summed E-state index contributed by atoms with van der Waals surface area (Å²) in [6.45, 7) is 0.337. The zero-order valence-corrected chi connectivity index (χ0v) is 10.0. The van der Waals surface area contributed by atoms with Gasteiger partial charge in [0.05, 0.1) is 12.6 Å². The molecule has 6 nitrogen and oxygen atoms in total. The van der Waals surface area contributed by atoms with Crippen LogP contribution in [0.3, 0.4) is 0 Å². The zero-order chi connectivity index (χ0) is 13.2. The van der Waals surface area contributed by atoms with Crippen molar-refractivity contribution in [3.8, 4) is 11.5 Å². The predicted octanol–water partition coefficient (Wildman–Crippen LogP) is 0.706. The summed E-state index contributed by atoms with van der Waals surface area (Å²) in [5.74, 6) is 1.27. The normalized spacial score (nSPS) is 14.4. The lowest BCUT2D eigenvalue weighted by Crippen LogP contribution is -2.24. The van der Waals surface area contributed by atoms with Crippen LogP contribution in [0.15, 0.2) is 41.5 Å². The second kappa shape index (κ2) is 4.74. The molecule has 0 aliphatic carbocycles. The van der Waals surface area contributed by atoms with Crippen molar-refractivity contribution in [2.24, 2.45) is 0 Å². The maximum Gasteiger partial charge on any atom is 0.347 e. The van der Waals surface area contributed by atoms with Crippen LogP contribution in [0.2, 0.25) is 0 Å². The topological polar surface area (TPSA) is 73.6 Å². The molecule has 0 amide bonds. The smallest absolute Gasteiger partial charge is 0.347 e. The van der Waals surface area contributed by atoms with Gasteiger partial charge in [-0.25, -0.2) is 9.78 Å². The number of nitrogens with zero attached hydrogens (tertiary/aromatic N) is 2. The molecule has 0 radical (unpaired) electrons. The molecule has 98 valence electrons. The van der Waals surface area contributed by atoms with Crippen LogP contribution in [0.1, 0.15) is 11.7 Å². The fraction of sp³-hybridized carbons (Fsp3) is 0.231. The van der Waals surface area contributed by atoms with Crippen LogP contribution in [-0.4, -0.2) is 21.5 Å². The highest BCUT2D eigenvalue weighted by Crippen LogP contribution is 2.34. The molecule has 1 aliphatic rings. The van der Waals surface area contributed by atoms with E-state index >= 15 is 0 Å². The van der Waals surface area contributed by atoms with Crippen molar-refractivity contribution in [1.82, 2.24) is 9.55 Å². The molecule has 1 N–H and O–H groups in total. The van der Waals surface area contributed by atoms with Crippen LogP contribution in [0, 0.1) is 0 Å². The molecular weight excluding hydrogens is 248 g/mol. The van der Waals surface area contributed by atoms with Gasteiger partial charge in [-0.05, 0) is 23.8 Å². The summed E-state index contributed by atoms with van der Waals surface area (Å²) in [4.78, 5) is 15.1. The average molecular weight is 260 g/mol. The number of aliphatic hydroxyl groups excluding tert-OH is 1. The van der Waals surface area contributed by atoms with Gasteiger partial charge in [-0.3, -0.25) is 4.57 Å². The molecule has 2 heterocycles. The number of hydrogen-bond donors (Lipinski definition) is 1. The Morgan fingerprint density at radius 3 is 3.05 bits per heavy atom. The molecular formula is C13H12N2O4. The van der Waals surface area contributed by atoms with E-state index in [0.717, 1.165) is 0 Å². The van der Waals surface area contributed by atoms with E-state index in [1.165, 1.54) is 10.8 Å². The fourth-order valence-corrected chi connectivity index (χ4v) is 1.94. The van der Waals surface area contributed by atoms with Crippen molar-refractivity contribution in [1.29, 1.82) is 0 Å². The Balaban J connectivity index is 1.83. The second-order valence-corrected chi connectivity index (χ2v) is 4.18. The minimum absolute atomic E-state index is 0.145. The number of ether oxygens (including phenoxy) is 2. The molecule has 19 heavy (non-hydrogen) atoms. The van der Waals surface area contributed by atoms with Gasteiger partial charge >= 0.3 is 5.69 Å². The van der Waals surface area contributed by atoms with Gasteiger partial charge in [0.15, 0.2) is 11.5 Å². The lowest BCUT2D eigenvalue weighted by atomic mass is 10.1. The van der Waals surface area contributed by atoms with Gasteiger partial charge in [-0.1, -0.05) is 6.07 Å². The van der Waals surface area contributed by atoms with Gasteiger partial charge in [0.2, 0.25) is 6.79 Å². The van der Waals surface area contributed by atoms with E-state index in [-0.39, 0.29) is 19.0 Å². The number of rotatable bonds is 3. The number of aliphatic hydroxyl groups is 1. The summed E-state index contributed by atoms with van der Waals surface area (Å²) in [5.41, 5.74) is 0.280. The van der Waals surface area contributed by atoms with E-state index in [1.54, 1.807) is 30.5 Å². The standard InChI is InChI=1S/C13H12N2O4/c16-10(7-15-5-1-4-14-13(15)17)9-2-3-11-12(6-9)19-8-18-11/h1-6,10,16H,7-8H2. The lowest BCUT2D eigenvalue weighted by molar-refractivity contribution is 0.153. The van der Waals surface area contributed by atoms with E-state index in [0.29, 0.717) is 17.1 Å². The van der Waals surface area contributed by atoms with E-state index in [9.17, 15) is 9.90 Å². The van der Waals surface area contributed by atoms with Crippen molar-refractivity contribution in [2.45, 2.75) is 12.6 Å². The molecule has 1 aromatic heterocycles. The molecule has 2 aromatic rings. The first kappa shape index (κ1) is 11.7. The van der Waals surface area contributed by atoms with Crippen LogP contribution in [-0.2, 0) is 6.54 Å². The van der Waals surface area contributed by atoms with Gasteiger partial charge < -0.3 is 14.6 Å². The van der Waals surface area contributed by atoms with E-state index in [2.05, 4.69) is 4.98 Å². The lowest BCUT2D eigenvalue weighted by Gasteiger charge is -2.12. The van der Waals surface area contributed by atoms with Crippen molar-refractivity contribution in [3.05, 3.63) is 52.7 Å². The Morgan fingerprint density at radius 2 is 2.21 bits per heavy atom. The fourth-order valence-electron chi connectivity index (χ4n) is 1.94. The van der Waals surface area contributed by atoms with Gasteiger partial charge in [-0.2, -0.15) is 0 Å². The summed E-state index contributed by atoms with van der Waals surface area (Å²) in [6, 6.07) is 6.86. The first-order chi connectivity index (χ1) is 9.24. The molecule has 0 saturated heterocycles.